The van der Waals surface area contributed by atoms with Crippen LogP contribution in [-0.4, -0.2) is 24.0 Å². The highest BCUT2D eigenvalue weighted by molar-refractivity contribution is 5.99. The molecule has 1 heterocycles. The lowest BCUT2D eigenvalue weighted by molar-refractivity contribution is -0.141. The Labute approximate surface area is 164 Å². The van der Waals surface area contributed by atoms with Crippen molar-refractivity contribution in [3.05, 3.63) is 76.5 Å². The van der Waals surface area contributed by atoms with Gasteiger partial charge >= 0.3 is 5.97 Å². The second-order valence-corrected chi connectivity index (χ2v) is 7.03. The number of carbonyl (C=O) groups is 2. The fraction of sp³-hybridized carbons (Fsp3) is 0.261. The van der Waals surface area contributed by atoms with Gasteiger partial charge in [-0.05, 0) is 44.0 Å². The second-order valence-electron chi connectivity index (χ2n) is 7.03. The lowest BCUT2D eigenvalue weighted by Gasteiger charge is -2.19. The molecule has 1 N–H and O–H groups in total. The molecule has 0 fully saturated rings. The van der Waals surface area contributed by atoms with E-state index in [4.69, 9.17) is 4.74 Å². The Kier molecular flexibility index (Phi) is 5.73. The smallest absolute Gasteiger partial charge is 0.307 e. The lowest BCUT2D eigenvalue weighted by atomic mass is 10.0. The van der Waals surface area contributed by atoms with Crippen LogP contribution in [0.5, 0.6) is 0 Å². The number of ether oxygens (including phenoxy) is 1. The van der Waals surface area contributed by atoms with Gasteiger partial charge in [-0.15, -0.1) is 0 Å². The van der Waals surface area contributed by atoms with Gasteiger partial charge in [0.05, 0.1) is 36.3 Å². The van der Waals surface area contributed by atoms with Gasteiger partial charge in [-0.25, -0.2) is 0 Å². The molecule has 28 heavy (non-hydrogen) atoms. The molecular formula is C23H24N2O3. The maximum absolute atomic E-state index is 13.0. The van der Waals surface area contributed by atoms with E-state index in [-0.39, 0.29) is 18.3 Å². The number of hydrogen-bond donors (Lipinski definition) is 1. The maximum atomic E-state index is 13.0. The molecule has 0 bridgehead atoms. The first-order chi connectivity index (χ1) is 13.4. The van der Waals surface area contributed by atoms with Crippen molar-refractivity contribution in [1.29, 1.82) is 0 Å². The number of aromatic nitrogens is 1. The molecule has 1 amide bonds. The van der Waals surface area contributed by atoms with Gasteiger partial charge < -0.3 is 10.1 Å². The van der Waals surface area contributed by atoms with Gasteiger partial charge in [-0.3, -0.25) is 14.6 Å². The lowest BCUT2D eigenvalue weighted by Crippen LogP contribution is -2.31. The minimum absolute atomic E-state index is 0.0601. The summed E-state index contributed by atoms with van der Waals surface area (Å²) in [6, 6.07) is 15.1. The fourth-order valence-corrected chi connectivity index (χ4v) is 3.14. The fourth-order valence-electron chi connectivity index (χ4n) is 3.14. The average Bonchev–Trinajstić information content (AvgIpc) is 2.67. The number of aryl methyl sites for hydroxylation is 3. The van der Waals surface area contributed by atoms with Crippen LogP contribution >= 0.6 is 0 Å². The molecule has 0 saturated carbocycles. The number of amides is 1. The highest BCUT2D eigenvalue weighted by atomic mass is 16.5. The Morgan fingerprint density at radius 1 is 1.00 bits per heavy atom. The number of carbonyl (C=O) groups excluding carboxylic acids is 2. The zero-order valence-corrected chi connectivity index (χ0v) is 16.6. The molecule has 3 aromatic rings. The van der Waals surface area contributed by atoms with Gasteiger partial charge in [-0.2, -0.15) is 0 Å². The molecule has 0 aliphatic heterocycles. The first kappa shape index (κ1) is 19.5. The molecule has 1 unspecified atom stereocenters. The summed E-state index contributed by atoms with van der Waals surface area (Å²) in [6.07, 6.45) is 0.0601. The third kappa shape index (κ3) is 4.36. The van der Waals surface area contributed by atoms with E-state index >= 15 is 0 Å². The minimum atomic E-state index is -0.478. The first-order valence-electron chi connectivity index (χ1n) is 9.19. The predicted molar refractivity (Wildman–Crippen MR) is 109 cm³/mol. The summed E-state index contributed by atoms with van der Waals surface area (Å²) < 4.78 is 4.80. The number of hydrogen-bond acceptors (Lipinski definition) is 4. The van der Waals surface area contributed by atoms with Gasteiger partial charge in [0.25, 0.3) is 5.91 Å². The number of esters is 1. The van der Waals surface area contributed by atoms with Crippen LogP contribution in [0.1, 0.15) is 45.2 Å². The van der Waals surface area contributed by atoms with Gasteiger partial charge in [-0.1, -0.05) is 42.0 Å². The topological polar surface area (TPSA) is 68.3 Å². The van der Waals surface area contributed by atoms with Gasteiger partial charge in [0, 0.05) is 5.39 Å². The van der Waals surface area contributed by atoms with Crippen molar-refractivity contribution in [2.75, 3.05) is 7.11 Å². The normalized spacial score (nSPS) is 11.9. The molecule has 5 heteroatoms. The summed E-state index contributed by atoms with van der Waals surface area (Å²) in [5, 5.41) is 3.88. The summed E-state index contributed by atoms with van der Waals surface area (Å²) in [7, 11) is 1.34. The molecule has 3 rings (SSSR count). The Morgan fingerprint density at radius 2 is 1.68 bits per heavy atom. The number of nitrogens with one attached hydrogen (secondary N) is 1. The van der Waals surface area contributed by atoms with E-state index in [0.29, 0.717) is 11.3 Å². The van der Waals surface area contributed by atoms with E-state index in [0.717, 1.165) is 27.6 Å². The average molecular weight is 376 g/mol. The third-order valence-electron chi connectivity index (χ3n) is 4.79. The largest absolute Gasteiger partial charge is 0.469 e. The second kappa shape index (κ2) is 8.21. The van der Waals surface area contributed by atoms with Crippen LogP contribution in [0, 0.1) is 20.8 Å². The number of fused-ring (bicyclic) bond motifs is 1. The Hall–Kier alpha value is -3.21. The van der Waals surface area contributed by atoms with Crippen molar-refractivity contribution in [2.24, 2.45) is 0 Å². The Bertz CT molecular complexity index is 1030. The predicted octanol–water partition coefficient (Wildman–Crippen LogP) is 4.19. The molecule has 0 spiro atoms. The van der Waals surface area contributed by atoms with Crippen molar-refractivity contribution in [3.63, 3.8) is 0 Å². The maximum Gasteiger partial charge on any atom is 0.307 e. The summed E-state index contributed by atoms with van der Waals surface area (Å²) >= 11 is 0. The molecule has 0 aliphatic rings. The van der Waals surface area contributed by atoms with Crippen molar-refractivity contribution < 1.29 is 14.3 Å². The summed E-state index contributed by atoms with van der Waals surface area (Å²) in [4.78, 5) is 29.4. The number of benzene rings is 2. The third-order valence-corrected chi connectivity index (χ3v) is 4.79. The van der Waals surface area contributed by atoms with Crippen molar-refractivity contribution in [2.45, 2.75) is 33.2 Å². The van der Waals surface area contributed by atoms with E-state index in [1.165, 1.54) is 7.11 Å². The highest BCUT2D eigenvalue weighted by Crippen LogP contribution is 2.22. The van der Waals surface area contributed by atoms with Crippen LogP contribution in [0.25, 0.3) is 10.9 Å². The van der Waals surface area contributed by atoms with Gasteiger partial charge in [0.2, 0.25) is 0 Å². The summed E-state index contributed by atoms with van der Waals surface area (Å²) in [6.45, 7) is 5.82. The highest BCUT2D eigenvalue weighted by Gasteiger charge is 2.21. The van der Waals surface area contributed by atoms with Crippen molar-refractivity contribution in [3.8, 4) is 0 Å². The standard InChI is InChI=1S/C23H24N2O3/c1-14-5-8-17(9-6-14)21(13-22(26)28-4)25-23(27)19-12-18-10-7-15(2)11-20(18)24-16(19)3/h5-12,21H,13H2,1-4H3,(H,25,27). The van der Waals surface area contributed by atoms with Crippen LogP contribution in [0.2, 0.25) is 0 Å². The van der Waals surface area contributed by atoms with Crippen LogP contribution in [0.15, 0.2) is 48.5 Å². The zero-order chi connectivity index (χ0) is 20.3. The molecule has 0 radical (unpaired) electrons. The van der Waals surface area contributed by atoms with Gasteiger partial charge in [0.1, 0.15) is 0 Å². The molecule has 0 aliphatic carbocycles. The van der Waals surface area contributed by atoms with Crippen LogP contribution in [-0.2, 0) is 9.53 Å². The Balaban J connectivity index is 1.91. The van der Waals surface area contributed by atoms with E-state index < -0.39 is 6.04 Å². The minimum Gasteiger partial charge on any atom is -0.469 e. The number of methoxy groups -OCH3 is 1. The van der Waals surface area contributed by atoms with Crippen LogP contribution < -0.4 is 5.32 Å². The number of rotatable bonds is 5. The quantitative estimate of drug-likeness (QED) is 0.678. The Morgan fingerprint density at radius 3 is 2.36 bits per heavy atom. The number of pyridine rings is 1. The van der Waals surface area contributed by atoms with E-state index in [2.05, 4.69) is 10.3 Å². The molecular weight excluding hydrogens is 352 g/mol. The van der Waals surface area contributed by atoms with Crippen LogP contribution in [0.4, 0.5) is 0 Å². The zero-order valence-electron chi connectivity index (χ0n) is 16.6. The molecule has 2 aromatic carbocycles. The molecule has 144 valence electrons. The SMILES string of the molecule is COC(=O)CC(NC(=O)c1cc2ccc(C)cc2nc1C)c1ccc(C)cc1. The van der Waals surface area contributed by atoms with Crippen molar-refractivity contribution in [1.82, 2.24) is 10.3 Å². The van der Waals surface area contributed by atoms with Crippen LogP contribution in [0.3, 0.4) is 0 Å². The molecule has 0 saturated heterocycles. The molecule has 1 atom stereocenters. The molecule has 1 aromatic heterocycles. The van der Waals surface area contributed by atoms with Crippen molar-refractivity contribution >= 4 is 22.8 Å². The van der Waals surface area contributed by atoms with E-state index in [1.54, 1.807) is 0 Å². The van der Waals surface area contributed by atoms with E-state index in [1.807, 2.05) is 69.3 Å². The molecule has 5 nitrogen and oxygen atoms in total. The number of nitrogens with zero attached hydrogens (tertiary/aromatic N) is 1. The summed E-state index contributed by atoms with van der Waals surface area (Å²) in [5.74, 6) is -0.642. The first-order valence-corrected chi connectivity index (χ1v) is 9.19. The van der Waals surface area contributed by atoms with Gasteiger partial charge in [0.15, 0.2) is 0 Å². The monoisotopic (exact) mass is 376 g/mol. The van der Waals surface area contributed by atoms with E-state index in [9.17, 15) is 9.59 Å². The summed E-state index contributed by atoms with van der Waals surface area (Å²) in [5.41, 5.74) is 5.09.